The predicted octanol–water partition coefficient (Wildman–Crippen LogP) is 8.50. The molecule has 1 spiro atoms. The number of rotatable bonds is 0. The fraction of sp³-hybridized carbons (Fsp3) is 1.00. The molecule has 0 N–H and O–H groups in total. The van der Waals surface area contributed by atoms with Crippen LogP contribution in [0.2, 0.25) is 0 Å². The maximum atomic E-state index is 2.75. The van der Waals surface area contributed by atoms with Crippen molar-refractivity contribution in [1.29, 1.82) is 0 Å². The molecule has 156 valence electrons. The summed E-state index contributed by atoms with van der Waals surface area (Å²) in [5, 5.41) is 0. The van der Waals surface area contributed by atoms with Crippen LogP contribution in [0.1, 0.15) is 119 Å². The molecular formula is C27H48. The van der Waals surface area contributed by atoms with Crippen molar-refractivity contribution in [3.8, 4) is 0 Å². The van der Waals surface area contributed by atoms with E-state index >= 15 is 0 Å². The van der Waals surface area contributed by atoms with Gasteiger partial charge in [-0.25, -0.2) is 0 Å². The Bertz CT molecular complexity index is 536. The molecule has 0 heterocycles. The molecule has 5 fully saturated rings. The molecule has 5 aliphatic carbocycles. The van der Waals surface area contributed by atoms with Crippen molar-refractivity contribution in [1.82, 2.24) is 0 Å². The lowest BCUT2D eigenvalue weighted by atomic mass is 9.39. The Labute approximate surface area is 170 Å². The highest BCUT2D eigenvalue weighted by atomic mass is 14.7. The lowest BCUT2D eigenvalue weighted by molar-refractivity contribution is -0.169. The van der Waals surface area contributed by atoms with Crippen molar-refractivity contribution in [2.24, 2.45) is 51.8 Å². The van der Waals surface area contributed by atoms with Gasteiger partial charge in [-0.15, -0.1) is 0 Å². The van der Waals surface area contributed by atoms with E-state index in [1.54, 1.807) is 44.9 Å². The average molecular weight is 373 g/mol. The van der Waals surface area contributed by atoms with Gasteiger partial charge in [0.2, 0.25) is 0 Å². The molecule has 5 saturated carbocycles. The van der Waals surface area contributed by atoms with Gasteiger partial charge < -0.3 is 0 Å². The molecule has 7 unspecified atom stereocenters. The fourth-order valence-electron chi connectivity index (χ4n) is 10.1. The molecule has 0 aromatic carbocycles. The predicted molar refractivity (Wildman–Crippen MR) is 118 cm³/mol. The van der Waals surface area contributed by atoms with Crippen LogP contribution in [0.5, 0.6) is 0 Å². The molecule has 27 heavy (non-hydrogen) atoms. The first kappa shape index (κ1) is 20.3. The second-order valence-corrected chi connectivity index (χ2v) is 12.1. The second kappa shape index (κ2) is 7.05. The second-order valence-electron chi connectivity index (χ2n) is 12.1. The lowest BCUT2D eigenvalue weighted by Crippen LogP contribution is -2.58. The Morgan fingerprint density at radius 3 is 2.19 bits per heavy atom. The minimum Gasteiger partial charge on any atom is -0.0683 e. The average Bonchev–Trinajstić information content (AvgIpc) is 3.06. The minimum absolute atomic E-state index is 0.647. The summed E-state index contributed by atoms with van der Waals surface area (Å²) in [6, 6.07) is 0. The van der Waals surface area contributed by atoms with Crippen molar-refractivity contribution in [2.75, 3.05) is 0 Å². The van der Waals surface area contributed by atoms with Crippen molar-refractivity contribution in [3.63, 3.8) is 0 Å². The van der Waals surface area contributed by atoms with Crippen LogP contribution in [0.15, 0.2) is 0 Å². The van der Waals surface area contributed by atoms with E-state index in [2.05, 4.69) is 27.7 Å². The highest BCUT2D eigenvalue weighted by molar-refractivity contribution is 5.14. The summed E-state index contributed by atoms with van der Waals surface area (Å²) >= 11 is 0. The summed E-state index contributed by atoms with van der Waals surface area (Å²) in [6.45, 7) is 14.6. The minimum atomic E-state index is 0.647. The van der Waals surface area contributed by atoms with Crippen molar-refractivity contribution in [3.05, 3.63) is 0 Å². The topological polar surface area (TPSA) is 0 Å². The van der Waals surface area contributed by atoms with E-state index in [-0.39, 0.29) is 0 Å². The molecule has 0 aromatic rings. The van der Waals surface area contributed by atoms with E-state index in [1.165, 1.54) is 32.1 Å². The third kappa shape index (κ3) is 2.73. The maximum absolute atomic E-state index is 2.75. The zero-order valence-electron chi connectivity index (χ0n) is 19.4. The molecule has 0 radical (unpaired) electrons. The van der Waals surface area contributed by atoms with Crippen LogP contribution in [0.4, 0.5) is 0 Å². The Morgan fingerprint density at radius 2 is 1.41 bits per heavy atom. The van der Waals surface area contributed by atoms with Gasteiger partial charge in [0.1, 0.15) is 0 Å². The largest absolute Gasteiger partial charge is 0.0683 e. The Morgan fingerprint density at radius 1 is 0.667 bits per heavy atom. The molecular weight excluding hydrogens is 324 g/mol. The van der Waals surface area contributed by atoms with Crippen LogP contribution >= 0.6 is 0 Å². The Kier molecular flexibility index (Phi) is 5.30. The molecule has 0 nitrogen and oxygen atoms in total. The van der Waals surface area contributed by atoms with Gasteiger partial charge in [-0.3, -0.25) is 0 Å². The van der Waals surface area contributed by atoms with E-state index in [9.17, 15) is 0 Å². The lowest BCUT2D eigenvalue weighted by Gasteiger charge is -2.66. The summed E-state index contributed by atoms with van der Waals surface area (Å²) in [5.74, 6) is 6.36. The maximum Gasteiger partial charge on any atom is -0.0235 e. The van der Waals surface area contributed by atoms with Gasteiger partial charge in [0.25, 0.3) is 0 Å². The normalized spacial score (nSPS) is 56.7. The zero-order chi connectivity index (χ0) is 19.4. The number of hydrogen-bond acceptors (Lipinski definition) is 0. The fourth-order valence-corrected chi connectivity index (χ4v) is 10.1. The van der Waals surface area contributed by atoms with E-state index < -0.39 is 0 Å². The van der Waals surface area contributed by atoms with Crippen LogP contribution in [0.25, 0.3) is 0 Å². The first-order valence-electron chi connectivity index (χ1n) is 12.9. The molecule has 0 aromatic heterocycles. The molecule has 0 aliphatic heterocycles. The van der Waals surface area contributed by atoms with Gasteiger partial charge in [-0.1, -0.05) is 60.8 Å². The van der Waals surface area contributed by atoms with Gasteiger partial charge in [0.15, 0.2) is 0 Å². The first-order valence-corrected chi connectivity index (χ1v) is 12.9. The van der Waals surface area contributed by atoms with Gasteiger partial charge in [0.05, 0.1) is 0 Å². The van der Waals surface area contributed by atoms with E-state index in [4.69, 9.17) is 0 Å². The monoisotopic (exact) mass is 372 g/mol. The third-order valence-corrected chi connectivity index (χ3v) is 11.4. The van der Waals surface area contributed by atoms with E-state index in [0.29, 0.717) is 10.8 Å². The highest BCUT2D eigenvalue weighted by Gasteiger charge is 2.64. The number of fused-ring (bicyclic) bond motifs is 4. The molecule has 0 heteroatoms. The third-order valence-electron chi connectivity index (χ3n) is 11.4. The quantitative estimate of drug-likeness (QED) is 0.400. The molecule has 0 amide bonds. The Hall–Kier alpha value is 0. The summed E-state index contributed by atoms with van der Waals surface area (Å²) in [6.07, 6.45) is 18.7. The summed E-state index contributed by atoms with van der Waals surface area (Å²) in [4.78, 5) is 0. The summed E-state index contributed by atoms with van der Waals surface area (Å²) in [5.41, 5.74) is 2.10. The SMILES string of the molecule is CC.CC1CCCC23CCC4C(CC[C@@]5(C)C[C@H](C)CCC45C)C2CCC13. The molecule has 0 saturated heterocycles. The van der Waals surface area contributed by atoms with Crippen LogP contribution in [-0.4, -0.2) is 0 Å². The number of hydrogen-bond donors (Lipinski definition) is 0. The van der Waals surface area contributed by atoms with Crippen LogP contribution in [0, 0.1) is 51.8 Å². The standard InChI is InChI=1S/C25H42.C2H6/c1-17-9-14-24(4)21-11-15-25-12-5-6-18(2)20(25)7-8-22(25)19(21)10-13-23(24,3)16-17;1-2/h17-22H,5-16H2,1-4H3;1-2H3/t17-,18?,19?,20?,21?,22?,23+,24?,25?;/m1./s1. The van der Waals surface area contributed by atoms with Gasteiger partial charge in [0, 0.05) is 0 Å². The van der Waals surface area contributed by atoms with Gasteiger partial charge in [-0.05, 0) is 110 Å². The summed E-state index contributed by atoms with van der Waals surface area (Å²) < 4.78 is 0. The molecule has 9 atom stereocenters. The van der Waals surface area contributed by atoms with Crippen molar-refractivity contribution in [2.45, 2.75) is 119 Å². The highest BCUT2D eigenvalue weighted by Crippen LogP contribution is 2.73. The molecule has 0 bridgehead atoms. The summed E-state index contributed by atoms with van der Waals surface area (Å²) in [7, 11) is 0. The smallest absolute Gasteiger partial charge is 0.0235 e. The van der Waals surface area contributed by atoms with Gasteiger partial charge in [-0.2, -0.15) is 0 Å². The van der Waals surface area contributed by atoms with E-state index in [1.807, 2.05) is 13.8 Å². The molecule has 5 rings (SSSR count). The first-order chi connectivity index (χ1) is 12.9. The van der Waals surface area contributed by atoms with E-state index in [0.717, 1.165) is 40.9 Å². The van der Waals surface area contributed by atoms with Crippen LogP contribution < -0.4 is 0 Å². The van der Waals surface area contributed by atoms with Crippen molar-refractivity contribution < 1.29 is 0 Å². The van der Waals surface area contributed by atoms with Crippen LogP contribution in [0.3, 0.4) is 0 Å². The van der Waals surface area contributed by atoms with Crippen molar-refractivity contribution >= 4 is 0 Å². The zero-order valence-corrected chi connectivity index (χ0v) is 19.4. The van der Waals surface area contributed by atoms with Crippen LogP contribution in [-0.2, 0) is 0 Å². The Balaban J connectivity index is 0.000000872. The molecule has 5 aliphatic rings. The van der Waals surface area contributed by atoms with Gasteiger partial charge >= 0.3 is 0 Å².